The summed E-state index contributed by atoms with van der Waals surface area (Å²) in [7, 11) is -2.84. The second kappa shape index (κ2) is 36.2. The lowest BCUT2D eigenvalue weighted by Crippen LogP contribution is -2.28. The molecule has 278 valence electrons. The lowest BCUT2D eigenvalue weighted by molar-refractivity contribution is -0.283. The van der Waals surface area contributed by atoms with Gasteiger partial charge in [-0.25, -0.2) is 4.79 Å². The average molecular weight is 690 g/mol. The van der Waals surface area contributed by atoms with E-state index in [0.29, 0.717) is 0 Å². The standard InChI is InChI=1S/C38H73O8P/c1-4-6-8-10-12-13-14-15-16-17-18-23-27-31-37(39)45-36(34-44-47(41)42)33-43-46-38(40)32-28-24-20-19-22-26-30-35(3)29-25-21-11-9-7-5-2/h35-36H,4-34H2,1-3H3/p+1/t35?,36-/m1/s1. The third-order valence-electron chi connectivity index (χ3n) is 8.94. The van der Waals surface area contributed by atoms with Gasteiger partial charge in [-0.3, -0.25) is 9.68 Å². The molecule has 0 fully saturated rings. The molecule has 0 aliphatic heterocycles. The van der Waals surface area contributed by atoms with Gasteiger partial charge in [-0.05, 0) is 18.8 Å². The molecular formula is C38H74O8P+. The normalized spacial score (nSPS) is 13.0. The highest BCUT2D eigenvalue weighted by Crippen LogP contribution is 2.19. The van der Waals surface area contributed by atoms with Crippen LogP contribution in [-0.4, -0.2) is 36.1 Å². The van der Waals surface area contributed by atoms with Gasteiger partial charge in [0.25, 0.3) is 0 Å². The molecule has 0 bridgehead atoms. The predicted octanol–water partition coefficient (Wildman–Crippen LogP) is 12.0. The maximum Gasteiger partial charge on any atom is 0.694 e. The van der Waals surface area contributed by atoms with E-state index in [0.717, 1.165) is 44.4 Å². The van der Waals surface area contributed by atoms with Gasteiger partial charge in [0.15, 0.2) is 6.10 Å². The van der Waals surface area contributed by atoms with Crippen molar-refractivity contribution in [2.24, 2.45) is 5.92 Å². The molecule has 0 aliphatic carbocycles. The smallest absolute Gasteiger partial charge is 0.457 e. The summed E-state index contributed by atoms with van der Waals surface area (Å²) in [4.78, 5) is 43.2. The summed E-state index contributed by atoms with van der Waals surface area (Å²) in [5, 5.41) is 0. The maximum absolute atomic E-state index is 12.3. The molecule has 8 nitrogen and oxygen atoms in total. The van der Waals surface area contributed by atoms with E-state index in [1.54, 1.807) is 0 Å². The SMILES string of the molecule is CCCCCCCCCCCCCCCC(=O)O[C@H](COOC(=O)CCCCCCCCC(C)CCCCCCCC)CO[P+](=O)O. The van der Waals surface area contributed by atoms with Crippen LogP contribution >= 0.6 is 8.25 Å². The van der Waals surface area contributed by atoms with Gasteiger partial charge < -0.3 is 4.74 Å². The van der Waals surface area contributed by atoms with Crippen molar-refractivity contribution in [2.75, 3.05) is 13.2 Å². The fourth-order valence-corrected chi connectivity index (χ4v) is 6.19. The van der Waals surface area contributed by atoms with E-state index in [9.17, 15) is 14.2 Å². The molecule has 0 saturated heterocycles. The van der Waals surface area contributed by atoms with Crippen molar-refractivity contribution in [1.82, 2.24) is 0 Å². The monoisotopic (exact) mass is 690 g/mol. The Labute approximate surface area is 290 Å². The van der Waals surface area contributed by atoms with Crippen LogP contribution in [-0.2, 0) is 33.2 Å². The Morgan fingerprint density at radius 2 is 0.936 bits per heavy atom. The molecule has 0 radical (unpaired) electrons. The first kappa shape index (κ1) is 45.9. The van der Waals surface area contributed by atoms with Crippen LogP contribution in [0, 0.1) is 5.92 Å². The largest absolute Gasteiger partial charge is 0.694 e. The van der Waals surface area contributed by atoms with Crippen LogP contribution < -0.4 is 0 Å². The van der Waals surface area contributed by atoms with Crippen LogP contribution in [0.5, 0.6) is 0 Å². The number of ether oxygens (including phenoxy) is 1. The molecule has 9 heteroatoms. The van der Waals surface area contributed by atoms with E-state index in [1.807, 2.05) is 0 Å². The first-order valence-corrected chi connectivity index (χ1v) is 20.8. The highest BCUT2D eigenvalue weighted by atomic mass is 31.1. The number of esters is 1. The minimum absolute atomic E-state index is 0.253. The zero-order chi connectivity index (χ0) is 34.6. The van der Waals surface area contributed by atoms with Gasteiger partial charge in [-0.1, -0.05) is 181 Å². The van der Waals surface area contributed by atoms with E-state index in [4.69, 9.17) is 23.9 Å². The van der Waals surface area contributed by atoms with E-state index in [-0.39, 0.29) is 26.1 Å². The van der Waals surface area contributed by atoms with Gasteiger partial charge >= 0.3 is 20.2 Å². The zero-order valence-electron chi connectivity index (χ0n) is 30.8. The molecule has 0 amide bonds. The topological polar surface area (TPSA) is 108 Å². The van der Waals surface area contributed by atoms with Crippen molar-refractivity contribution in [3.8, 4) is 0 Å². The summed E-state index contributed by atoms with van der Waals surface area (Å²) in [5.74, 6) is -0.0715. The second-order valence-electron chi connectivity index (χ2n) is 13.7. The molecule has 47 heavy (non-hydrogen) atoms. The molecule has 1 N–H and O–H groups in total. The predicted molar refractivity (Wildman–Crippen MR) is 192 cm³/mol. The summed E-state index contributed by atoms with van der Waals surface area (Å²) in [6.07, 6.45) is 32.9. The summed E-state index contributed by atoms with van der Waals surface area (Å²) in [6.45, 7) is 6.32. The molecule has 3 atom stereocenters. The minimum Gasteiger partial charge on any atom is -0.457 e. The van der Waals surface area contributed by atoms with Crippen molar-refractivity contribution in [1.29, 1.82) is 0 Å². The van der Waals surface area contributed by atoms with Crippen LogP contribution in [0.3, 0.4) is 0 Å². The Balaban J connectivity index is 3.84. The third kappa shape index (κ3) is 36.0. The summed E-state index contributed by atoms with van der Waals surface area (Å²) in [5.41, 5.74) is 0. The van der Waals surface area contributed by atoms with Crippen LogP contribution in [0.2, 0.25) is 0 Å². The Morgan fingerprint density at radius 3 is 1.36 bits per heavy atom. The first-order chi connectivity index (χ1) is 22.9. The fourth-order valence-electron chi connectivity index (χ4n) is 5.90. The van der Waals surface area contributed by atoms with Crippen molar-refractivity contribution in [2.45, 2.75) is 213 Å². The Bertz CT molecular complexity index is 720. The van der Waals surface area contributed by atoms with Crippen molar-refractivity contribution in [3.05, 3.63) is 0 Å². The zero-order valence-corrected chi connectivity index (χ0v) is 31.7. The van der Waals surface area contributed by atoms with Crippen LogP contribution in [0.4, 0.5) is 0 Å². The summed E-state index contributed by atoms with van der Waals surface area (Å²) < 4.78 is 21.1. The molecule has 0 rings (SSSR count). The van der Waals surface area contributed by atoms with Crippen LogP contribution in [0.1, 0.15) is 207 Å². The fraction of sp³-hybridized carbons (Fsp3) is 0.947. The van der Waals surface area contributed by atoms with E-state index in [1.165, 1.54) is 135 Å². The number of hydrogen-bond acceptors (Lipinski definition) is 7. The molecule has 0 aromatic heterocycles. The lowest BCUT2D eigenvalue weighted by atomic mass is 9.96. The Kier molecular flexibility index (Phi) is 35.4. The van der Waals surface area contributed by atoms with Crippen molar-refractivity contribution < 1.29 is 38.1 Å². The van der Waals surface area contributed by atoms with E-state index < -0.39 is 26.3 Å². The number of rotatable bonds is 37. The van der Waals surface area contributed by atoms with Gasteiger partial charge in [0.05, 0.1) is 0 Å². The number of hydrogen-bond donors (Lipinski definition) is 1. The van der Waals surface area contributed by atoms with Gasteiger partial charge in [0.1, 0.15) is 13.2 Å². The minimum atomic E-state index is -2.84. The molecular weight excluding hydrogens is 615 g/mol. The average Bonchev–Trinajstić information content (AvgIpc) is 3.04. The second-order valence-corrected chi connectivity index (χ2v) is 14.4. The highest BCUT2D eigenvalue weighted by molar-refractivity contribution is 7.32. The Hall–Kier alpha value is -1.08. The molecule has 0 aromatic rings. The van der Waals surface area contributed by atoms with Gasteiger partial charge in [-0.15, -0.1) is 9.42 Å². The summed E-state index contributed by atoms with van der Waals surface area (Å²) >= 11 is 0. The number of unbranched alkanes of at least 4 members (excludes halogenated alkanes) is 22. The molecule has 0 saturated carbocycles. The molecule has 0 aromatic carbocycles. The number of carbonyl (C=O) groups excluding carboxylic acids is 2. The molecule has 0 spiro atoms. The maximum atomic E-state index is 12.3. The quantitative estimate of drug-likeness (QED) is 0.0226. The lowest BCUT2D eigenvalue weighted by Gasteiger charge is -2.14. The van der Waals surface area contributed by atoms with E-state index in [2.05, 4.69) is 20.8 Å². The van der Waals surface area contributed by atoms with Crippen molar-refractivity contribution >= 4 is 20.2 Å². The molecule has 0 heterocycles. The molecule has 2 unspecified atom stereocenters. The van der Waals surface area contributed by atoms with Crippen molar-refractivity contribution in [3.63, 3.8) is 0 Å². The van der Waals surface area contributed by atoms with Crippen LogP contribution in [0.15, 0.2) is 0 Å². The highest BCUT2D eigenvalue weighted by Gasteiger charge is 2.23. The van der Waals surface area contributed by atoms with Gasteiger partial charge in [0, 0.05) is 17.4 Å². The molecule has 0 aliphatic rings. The number of carbonyl (C=O) groups is 2. The van der Waals surface area contributed by atoms with Gasteiger partial charge in [0.2, 0.25) is 0 Å². The van der Waals surface area contributed by atoms with Crippen LogP contribution in [0.25, 0.3) is 0 Å². The first-order valence-electron chi connectivity index (χ1n) is 19.7. The Morgan fingerprint density at radius 1 is 0.553 bits per heavy atom. The van der Waals surface area contributed by atoms with E-state index >= 15 is 0 Å². The summed E-state index contributed by atoms with van der Waals surface area (Å²) in [6, 6.07) is 0. The third-order valence-corrected chi connectivity index (χ3v) is 9.31. The van der Waals surface area contributed by atoms with Gasteiger partial charge in [-0.2, -0.15) is 4.89 Å².